The number of nitrogens with one attached hydrogen (secondary N) is 2. The van der Waals surface area contributed by atoms with E-state index in [9.17, 15) is 9.59 Å². The highest BCUT2D eigenvalue weighted by Crippen LogP contribution is 2.20. The molecule has 0 aliphatic rings. The second-order valence-electron chi connectivity index (χ2n) is 6.20. The molecule has 0 aliphatic heterocycles. The number of rotatable bonds is 6. The van der Waals surface area contributed by atoms with E-state index in [4.69, 9.17) is 0 Å². The zero-order valence-electron chi connectivity index (χ0n) is 15.2. The van der Waals surface area contributed by atoms with Crippen molar-refractivity contribution in [1.82, 2.24) is 20.0 Å². The third kappa shape index (κ3) is 5.15. The lowest BCUT2D eigenvalue weighted by Gasteiger charge is -2.10. The average molecular weight is 343 g/mol. The standard InChI is InChI=1S/C18H25N5O2/c1-13-16(20-18(25)17(24)19-10-11-22(3)4)14(2)23(21-13)12-15-8-6-5-7-9-15/h5-9H,10-12H2,1-4H3,(H,19,24)(H,20,25). The second-order valence-corrected chi connectivity index (χ2v) is 6.20. The summed E-state index contributed by atoms with van der Waals surface area (Å²) < 4.78 is 1.82. The Hall–Kier alpha value is -2.67. The van der Waals surface area contributed by atoms with Crippen LogP contribution in [0.5, 0.6) is 0 Å². The first-order valence-electron chi connectivity index (χ1n) is 8.20. The van der Waals surface area contributed by atoms with Gasteiger partial charge in [0.25, 0.3) is 0 Å². The Bertz CT molecular complexity index is 737. The van der Waals surface area contributed by atoms with Crippen molar-refractivity contribution in [3.8, 4) is 0 Å². The normalized spacial score (nSPS) is 10.8. The fourth-order valence-corrected chi connectivity index (χ4v) is 2.43. The molecule has 1 aromatic heterocycles. The number of benzene rings is 1. The first-order chi connectivity index (χ1) is 11.9. The molecule has 0 saturated carbocycles. The summed E-state index contributed by atoms with van der Waals surface area (Å²) in [5.74, 6) is -1.32. The van der Waals surface area contributed by atoms with Crippen molar-refractivity contribution in [1.29, 1.82) is 0 Å². The third-order valence-electron chi connectivity index (χ3n) is 3.85. The van der Waals surface area contributed by atoms with Gasteiger partial charge in [-0.3, -0.25) is 14.3 Å². The van der Waals surface area contributed by atoms with Crippen LogP contribution < -0.4 is 10.6 Å². The maximum Gasteiger partial charge on any atom is 0.313 e. The SMILES string of the molecule is Cc1nn(Cc2ccccc2)c(C)c1NC(=O)C(=O)NCCN(C)C. The molecule has 0 atom stereocenters. The number of aryl methyl sites for hydroxylation is 1. The van der Waals surface area contributed by atoms with Crippen LogP contribution in [0.1, 0.15) is 17.0 Å². The number of nitrogens with zero attached hydrogens (tertiary/aromatic N) is 3. The summed E-state index contributed by atoms with van der Waals surface area (Å²) in [6, 6.07) is 9.95. The van der Waals surface area contributed by atoms with Crippen LogP contribution >= 0.6 is 0 Å². The molecule has 7 nitrogen and oxygen atoms in total. The minimum absolute atomic E-state index is 0.421. The van der Waals surface area contributed by atoms with Gasteiger partial charge in [0.2, 0.25) is 0 Å². The molecule has 1 heterocycles. The molecule has 2 aromatic rings. The zero-order valence-corrected chi connectivity index (χ0v) is 15.2. The molecular formula is C18H25N5O2. The molecule has 0 aliphatic carbocycles. The molecule has 0 unspecified atom stereocenters. The molecule has 25 heavy (non-hydrogen) atoms. The van der Waals surface area contributed by atoms with Crippen molar-refractivity contribution in [2.24, 2.45) is 0 Å². The molecule has 2 N–H and O–H groups in total. The predicted octanol–water partition coefficient (Wildman–Crippen LogP) is 1.16. The Labute approximate surface area is 148 Å². The van der Waals surface area contributed by atoms with Gasteiger partial charge in [0.15, 0.2) is 0 Å². The fourth-order valence-electron chi connectivity index (χ4n) is 2.43. The number of carbonyl (C=O) groups is 2. The summed E-state index contributed by atoms with van der Waals surface area (Å²) in [7, 11) is 3.81. The summed E-state index contributed by atoms with van der Waals surface area (Å²) in [4.78, 5) is 25.9. The summed E-state index contributed by atoms with van der Waals surface area (Å²) in [5, 5.41) is 9.74. The second kappa shape index (κ2) is 8.43. The van der Waals surface area contributed by atoms with E-state index in [1.807, 2.05) is 67.9 Å². The number of anilines is 1. The van der Waals surface area contributed by atoms with Crippen LogP contribution in [0, 0.1) is 13.8 Å². The molecule has 2 amide bonds. The van der Waals surface area contributed by atoms with E-state index in [2.05, 4.69) is 15.7 Å². The van der Waals surface area contributed by atoms with Crippen LogP contribution in [0.25, 0.3) is 0 Å². The molecule has 1 aromatic carbocycles. The first kappa shape index (κ1) is 18.7. The van der Waals surface area contributed by atoms with E-state index >= 15 is 0 Å². The van der Waals surface area contributed by atoms with Gasteiger partial charge in [0.05, 0.1) is 23.6 Å². The van der Waals surface area contributed by atoms with Gasteiger partial charge in [-0.25, -0.2) is 0 Å². The van der Waals surface area contributed by atoms with Crippen molar-refractivity contribution >= 4 is 17.5 Å². The van der Waals surface area contributed by atoms with Gasteiger partial charge < -0.3 is 15.5 Å². The highest BCUT2D eigenvalue weighted by atomic mass is 16.2. The fraction of sp³-hybridized carbons (Fsp3) is 0.389. The monoisotopic (exact) mass is 343 g/mol. The van der Waals surface area contributed by atoms with E-state index in [1.54, 1.807) is 0 Å². The smallest absolute Gasteiger partial charge is 0.313 e. The first-order valence-corrected chi connectivity index (χ1v) is 8.20. The van der Waals surface area contributed by atoms with Gasteiger partial charge in [-0.05, 0) is 33.5 Å². The Morgan fingerprint density at radius 3 is 2.44 bits per heavy atom. The maximum atomic E-state index is 12.1. The van der Waals surface area contributed by atoms with Crippen molar-refractivity contribution in [3.63, 3.8) is 0 Å². The zero-order chi connectivity index (χ0) is 18.4. The molecule has 7 heteroatoms. The van der Waals surface area contributed by atoms with Crippen molar-refractivity contribution < 1.29 is 9.59 Å². The Kier molecular flexibility index (Phi) is 6.30. The van der Waals surface area contributed by atoms with Crippen LogP contribution in [0.2, 0.25) is 0 Å². The topological polar surface area (TPSA) is 79.3 Å². The van der Waals surface area contributed by atoms with E-state index in [0.29, 0.717) is 31.0 Å². The van der Waals surface area contributed by atoms with Gasteiger partial charge in [0, 0.05) is 13.1 Å². The van der Waals surface area contributed by atoms with Crippen LogP contribution in [-0.2, 0) is 16.1 Å². The molecule has 0 fully saturated rings. The quantitative estimate of drug-likeness (QED) is 0.772. The van der Waals surface area contributed by atoms with E-state index in [1.165, 1.54) is 0 Å². The minimum Gasteiger partial charge on any atom is -0.347 e. The van der Waals surface area contributed by atoms with Crippen LogP contribution in [0.4, 0.5) is 5.69 Å². The lowest BCUT2D eigenvalue weighted by Crippen LogP contribution is -2.38. The minimum atomic E-state index is -0.677. The van der Waals surface area contributed by atoms with Crippen molar-refractivity contribution in [2.75, 3.05) is 32.5 Å². The maximum absolute atomic E-state index is 12.1. The summed E-state index contributed by atoms with van der Waals surface area (Å²) in [6.07, 6.45) is 0. The number of hydrogen-bond donors (Lipinski definition) is 2. The summed E-state index contributed by atoms with van der Waals surface area (Å²) in [5.41, 5.74) is 3.20. The Morgan fingerprint density at radius 1 is 1.12 bits per heavy atom. The summed E-state index contributed by atoms with van der Waals surface area (Å²) in [6.45, 7) is 5.39. The third-order valence-corrected chi connectivity index (χ3v) is 3.85. The molecule has 0 spiro atoms. The van der Waals surface area contributed by atoms with Gasteiger partial charge in [-0.2, -0.15) is 5.10 Å². The van der Waals surface area contributed by atoms with Gasteiger partial charge in [-0.1, -0.05) is 30.3 Å². The van der Waals surface area contributed by atoms with E-state index in [0.717, 1.165) is 11.3 Å². The lowest BCUT2D eigenvalue weighted by atomic mass is 10.2. The average Bonchev–Trinajstić information content (AvgIpc) is 2.82. The highest BCUT2D eigenvalue weighted by Gasteiger charge is 2.19. The Morgan fingerprint density at radius 2 is 1.80 bits per heavy atom. The summed E-state index contributed by atoms with van der Waals surface area (Å²) >= 11 is 0. The predicted molar refractivity (Wildman–Crippen MR) is 97.4 cm³/mol. The molecule has 0 radical (unpaired) electrons. The largest absolute Gasteiger partial charge is 0.347 e. The van der Waals surface area contributed by atoms with Crippen LogP contribution in [0.15, 0.2) is 30.3 Å². The molecule has 2 rings (SSSR count). The molecule has 134 valence electrons. The Balaban J connectivity index is 2.02. The van der Waals surface area contributed by atoms with Crippen LogP contribution in [-0.4, -0.2) is 53.7 Å². The van der Waals surface area contributed by atoms with E-state index in [-0.39, 0.29) is 0 Å². The van der Waals surface area contributed by atoms with E-state index < -0.39 is 11.8 Å². The van der Waals surface area contributed by atoms with Crippen molar-refractivity contribution in [3.05, 3.63) is 47.3 Å². The van der Waals surface area contributed by atoms with Crippen molar-refractivity contribution in [2.45, 2.75) is 20.4 Å². The molecule has 0 bridgehead atoms. The lowest BCUT2D eigenvalue weighted by molar-refractivity contribution is -0.136. The molecule has 0 saturated heterocycles. The number of aromatic nitrogens is 2. The van der Waals surface area contributed by atoms with Gasteiger partial charge in [0.1, 0.15) is 0 Å². The number of amides is 2. The highest BCUT2D eigenvalue weighted by molar-refractivity contribution is 6.39. The number of hydrogen-bond acceptors (Lipinski definition) is 4. The van der Waals surface area contributed by atoms with Crippen LogP contribution in [0.3, 0.4) is 0 Å². The number of carbonyl (C=O) groups excluding carboxylic acids is 2. The van der Waals surface area contributed by atoms with Gasteiger partial charge in [-0.15, -0.1) is 0 Å². The van der Waals surface area contributed by atoms with Gasteiger partial charge >= 0.3 is 11.8 Å². The molecular weight excluding hydrogens is 318 g/mol. The number of likely N-dealkylation sites (N-methyl/N-ethyl adjacent to an activating group) is 1.